The van der Waals surface area contributed by atoms with E-state index in [-0.39, 0.29) is 35.3 Å². The first kappa shape index (κ1) is 18.9. The lowest BCUT2D eigenvalue weighted by atomic mass is 10.1. The molecule has 0 heterocycles. The van der Waals surface area contributed by atoms with Crippen molar-refractivity contribution in [3.05, 3.63) is 29.6 Å². The Morgan fingerprint density at radius 2 is 1.95 bits per heavy atom. The second-order valence-electron chi connectivity index (χ2n) is 5.76. The van der Waals surface area contributed by atoms with Gasteiger partial charge in [0.1, 0.15) is 5.82 Å². The molecule has 20 heavy (non-hydrogen) atoms. The molecule has 0 atom stereocenters. The van der Waals surface area contributed by atoms with Crippen LogP contribution in [0.25, 0.3) is 0 Å². The van der Waals surface area contributed by atoms with Crippen LogP contribution in [0.2, 0.25) is 0 Å². The zero-order valence-electron chi connectivity index (χ0n) is 12.7. The van der Waals surface area contributed by atoms with Crippen LogP contribution in [-0.4, -0.2) is 25.6 Å². The van der Waals surface area contributed by atoms with Gasteiger partial charge in [-0.25, -0.2) is 9.38 Å². The highest BCUT2D eigenvalue weighted by Gasteiger charge is 2.10. The first-order valence-corrected chi connectivity index (χ1v) is 6.23. The van der Waals surface area contributed by atoms with E-state index in [0.29, 0.717) is 18.2 Å². The summed E-state index contributed by atoms with van der Waals surface area (Å²) in [7, 11) is 3.61. The molecule has 0 saturated carbocycles. The molecule has 0 amide bonds. The van der Waals surface area contributed by atoms with Gasteiger partial charge in [-0.1, -0.05) is 6.07 Å². The van der Waals surface area contributed by atoms with E-state index in [4.69, 9.17) is 5.73 Å². The number of benzene rings is 1. The minimum absolute atomic E-state index is 0. The number of rotatable bonds is 3. The molecule has 0 aliphatic heterocycles. The Morgan fingerprint density at radius 1 is 1.35 bits per heavy atom. The summed E-state index contributed by atoms with van der Waals surface area (Å²) in [4.78, 5) is 5.93. The van der Waals surface area contributed by atoms with E-state index in [0.717, 1.165) is 5.56 Å². The Kier molecular flexibility index (Phi) is 7.26. The summed E-state index contributed by atoms with van der Waals surface area (Å²) >= 11 is 0. The number of hydrogen-bond donors (Lipinski definition) is 2. The zero-order chi connectivity index (χ0) is 14.6. The van der Waals surface area contributed by atoms with Crippen molar-refractivity contribution in [1.29, 1.82) is 0 Å². The molecule has 114 valence electrons. The van der Waals surface area contributed by atoms with Gasteiger partial charge in [0, 0.05) is 19.6 Å². The third-order valence-electron chi connectivity index (χ3n) is 2.43. The van der Waals surface area contributed by atoms with Crippen molar-refractivity contribution in [1.82, 2.24) is 5.32 Å². The van der Waals surface area contributed by atoms with Crippen LogP contribution < -0.4 is 16.0 Å². The lowest BCUT2D eigenvalue weighted by molar-refractivity contribution is 0.508. The summed E-state index contributed by atoms with van der Waals surface area (Å²) in [5, 5.41) is 3.06. The molecular weight excluding hydrogens is 370 g/mol. The summed E-state index contributed by atoms with van der Waals surface area (Å²) < 4.78 is 13.8. The van der Waals surface area contributed by atoms with E-state index >= 15 is 0 Å². The molecular formula is C14H24FIN4. The lowest BCUT2D eigenvalue weighted by Gasteiger charge is -2.21. The number of nitrogens with zero attached hydrogens (tertiary/aromatic N) is 2. The Balaban J connectivity index is 0.00000361. The lowest BCUT2D eigenvalue weighted by Crippen LogP contribution is -2.44. The SMILES string of the molecule is CN(C)c1ccc(CN=C(N)NC(C)(C)C)cc1F.I. The molecule has 3 N–H and O–H groups in total. The first-order chi connectivity index (χ1) is 8.69. The minimum Gasteiger partial charge on any atom is -0.375 e. The van der Waals surface area contributed by atoms with Gasteiger partial charge >= 0.3 is 0 Å². The van der Waals surface area contributed by atoms with Crippen LogP contribution in [0.5, 0.6) is 0 Å². The molecule has 1 aromatic carbocycles. The molecule has 4 nitrogen and oxygen atoms in total. The molecule has 0 saturated heterocycles. The predicted octanol–water partition coefficient (Wildman–Crippen LogP) is 2.71. The summed E-state index contributed by atoms with van der Waals surface area (Å²) in [6.07, 6.45) is 0. The quantitative estimate of drug-likeness (QED) is 0.471. The fourth-order valence-corrected chi connectivity index (χ4v) is 1.61. The molecule has 0 aliphatic rings. The molecule has 0 bridgehead atoms. The number of aliphatic imine (C=N–C) groups is 1. The molecule has 0 radical (unpaired) electrons. The molecule has 0 spiro atoms. The first-order valence-electron chi connectivity index (χ1n) is 6.23. The zero-order valence-corrected chi connectivity index (χ0v) is 15.0. The summed E-state index contributed by atoms with van der Waals surface area (Å²) in [6.45, 7) is 6.36. The Bertz CT molecular complexity index is 467. The van der Waals surface area contributed by atoms with Gasteiger partial charge in [-0.15, -0.1) is 24.0 Å². The largest absolute Gasteiger partial charge is 0.375 e. The van der Waals surface area contributed by atoms with Crippen LogP contribution in [0.3, 0.4) is 0 Å². The van der Waals surface area contributed by atoms with Gasteiger partial charge in [0.2, 0.25) is 0 Å². The van der Waals surface area contributed by atoms with Crippen molar-refractivity contribution in [3.8, 4) is 0 Å². The fourth-order valence-electron chi connectivity index (χ4n) is 1.61. The van der Waals surface area contributed by atoms with Crippen molar-refractivity contribution < 1.29 is 4.39 Å². The van der Waals surface area contributed by atoms with Crippen molar-refractivity contribution in [2.75, 3.05) is 19.0 Å². The molecule has 0 aliphatic carbocycles. The maximum Gasteiger partial charge on any atom is 0.189 e. The second-order valence-corrected chi connectivity index (χ2v) is 5.76. The van der Waals surface area contributed by atoms with Crippen LogP contribution in [0.4, 0.5) is 10.1 Å². The van der Waals surface area contributed by atoms with E-state index in [1.54, 1.807) is 11.0 Å². The van der Waals surface area contributed by atoms with E-state index in [1.165, 1.54) is 6.07 Å². The molecule has 0 aromatic heterocycles. The van der Waals surface area contributed by atoms with Gasteiger partial charge in [0.05, 0.1) is 12.2 Å². The van der Waals surface area contributed by atoms with Crippen molar-refractivity contribution in [2.45, 2.75) is 32.9 Å². The summed E-state index contributed by atoms with van der Waals surface area (Å²) in [5.74, 6) is 0.115. The average Bonchev–Trinajstić information content (AvgIpc) is 2.23. The highest BCUT2D eigenvalue weighted by atomic mass is 127. The summed E-state index contributed by atoms with van der Waals surface area (Å²) in [5.41, 5.74) is 6.99. The van der Waals surface area contributed by atoms with Crippen LogP contribution in [0.1, 0.15) is 26.3 Å². The van der Waals surface area contributed by atoms with E-state index in [1.807, 2.05) is 40.9 Å². The number of anilines is 1. The number of nitrogens with two attached hydrogens (primary N) is 1. The third kappa shape index (κ3) is 6.40. The maximum atomic E-state index is 13.8. The highest BCUT2D eigenvalue weighted by Crippen LogP contribution is 2.18. The Morgan fingerprint density at radius 3 is 2.40 bits per heavy atom. The standard InChI is InChI=1S/C14H23FN4.HI/c1-14(2,3)18-13(16)17-9-10-6-7-12(19(4)5)11(15)8-10;/h6-8H,9H2,1-5H3,(H3,16,17,18);1H. The number of guanidine groups is 1. The molecule has 1 aromatic rings. The average molecular weight is 394 g/mol. The van der Waals surface area contributed by atoms with Gasteiger partial charge in [0.15, 0.2) is 5.96 Å². The van der Waals surface area contributed by atoms with Crippen LogP contribution in [-0.2, 0) is 6.54 Å². The van der Waals surface area contributed by atoms with Crippen molar-refractivity contribution in [3.63, 3.8) is 0 Å². The molecule has 6 heteroatoms. The minimum atomic E-state index is -0.250. The van der Waals surface area contributed by atoms with Crippen molar-refractivity contribution in [2.24, 2.45) is 10.7 Å². The highest BCUT2D eigenvalue weighted by molar-refractivity contribution is 14.0. The molecule has 0 unspecified atom stereocenters. The number of nitrogens with one attached hydrogen (secondary N) is 1. The second kappa shape index (κ2) is 7.66. The number of hydrogen-bond acceptors (Lipinski definition) is 2. The van der Waals surface area contributed by atoms with E-state index < -0.39 is 0 Å². The topological polar surface area (TPSA) is 53.6 Å². The monoisotopic (exact) mass is 394 g/mol. The van der Waals surface area contributed by atoms with Crippen molar-refractivity contribution >= 4 is 35.6 Å². The molecule has 0 fully saturated rings. The fraction of sp³-hybridized carbons (Fsp3) is 0.500. The van der Waals surface area contributed by atoms with Gasteiger partial charge < -0.3 is 16.0 Å². The van der Waals surface area contributed by atoms with Crippen LogP contribution >= 0.6 is 24.0 Å². The summed E-state index contributed by atoms with van der Waals surface area (Å²) in [6, 6.07) is 5.09. The van der Waals surface area contributed by atoms with Gasteiger partial charge in [-0.05, 0) is 38.5 Å². The van der Waals surface area contributed by atoms with Crippen LogP contribution in [0.15, 0.2) is 23.2 Å². The molecule has 1 rings (SSSR count). The van der Waals surface area contributed by atoms with E-state index in [9.17, 15) is 4.39 Å². The smallest absolute Gasteiger partial charge is 0.189 e. The normalized spacial score (nSPS) is 11.8. The van der Waals surface area contributed by atoms with Crippen LogP contribution in [0, 0.1) is 5.82 Å². The van der Waals surface area contributed by atoms with Gasteiger partial charge in [-0.2, -0.15) is 0 Å². The Labute approximate surface area is 137 Å². The number of halogens is 2. The predicted molar refractivity (Wildman–Crippen MR) is 94.4 cm³/mol. The van der Waals surface area contributed by atoms with Gasteiger partial charge in [-0.3, -0.25) is 0 Å². The Hall–Kier alpha value is -1.05. The third-order valence-corrected chi connectivity index (χ3v) is 2.43. The maximum absolute atomic E-state index is 13.8. The van der Waals surface area contributed by atoms with E-state index in [2.05, 4.69) is 10.3 Å². The van der Waals surface area contributed by atoms with Gasteiger partial charge in [0.25, 0.3) is 0 Å².